The number of rotatable bonds is 7. The first kappa shape index (κ1) is 15.0. The molecule has 19 heavy (non-hydrogen) atoms. The molecule has 1 rings (SSSR count). The fourth-order valence-corrected chi connectivity index (χ4v) is 1.63. The van der Waals surface area contributed by atoms with E-state index in [1.807, 2.05) is 14.0 Å². The molecule has 1 amide bonds. The van der Waals surface area contributed by atoms with Gasteiger partial charge in [-0.3, -0.25) is 0 Å². The van der Waals surface area contributed by atoms with E-state index in [0.29, 0.717) is 6.54 Å². The summed E-state index contributed by atoms with van der Waals surface area (Å²) in [6, 6.07) is 0. The number of nitrogens with two attached hydrogens (primary N) is 1. The molecule has 0 bridgehead atoms. The maximum absolute atomic E-state index is 10.5. The largest absolute Gasteiger partial charge is 0.448 e. The molecule has 7 nitrogen and oxygen atoms in total. The Labute approximate surface area is 113 Å². The third kappa shape index (κ3) is 4.61. The summed E-state index contributed by atoms with van der Waals surface area (Å²) in [6.07, 6.45) is 1.03. The van der Waals surface area contributed by atoms with Gasteiger partial charge in [-0.2, -0.15) is 0 Å². The molecule has 1 aromatic rings. The molecule has 1 aromatic heterocycles. The van der Waals surface area contributed by atoms with Crippen LogP contribution in [0, 0.1) is 6.92 Å². The zero-order valence-corrected chi connectivity index (χ0v) is 11.6. The third-order valence-corrected chi connectivity index (χ3v) is 2.54. The normalized spacial score (nSPS) is 10.1. The Kier molecular flexibility index (Phi) is 5.84. The van der Waals surface area contributed by atoms with Crippen LogP contribution in [0.5, 0.6) is 0 Å². The minimum atomic E-state index is -0.774. The monoisotopic (exact) mass is 267 g/mol. The smallest absolute Gasteiger partial charge is 0.404 e. The number of ether oxygens (including phenoxy) is 1. The van der Waals surface area contributed by atoms with Gasteiger partial charge in [0, 0.05) is 19.0 Å². The van der Waals surface area contributed by atoms with Crippen LogP contribution in [0.1, 0.15) is 24.7 Å². The second kappa shape index (κ2) is 7.40. The van der Waals surface area contributed by atoms with E-state index in [1.54, 1.807) is 0 Å². The quantitative estimate of drug-likeness (QED) is 0.643. The molecule has 1 heterocycles. The number of carbonyl (C=O) groups is 1. The van der Waals surface area contributed by atoms with E-state index >= 15 is 0 Å². The van der Waals surface area contributed by atoms with Gasteiger partial charge in [0.25, 0.3) is 0 Å². The fourth-order valence-electron chi connectivity index (χ4n) is 1.63. The first-order valence-corrected chi connectivity index (χ1v) is 6.29. The van der Waals surface area contributed by atoms with Gasteiger partial charge in [0.05, 0.1) is 6.54 Å². The molecule has 106 valence electrons. The van der Waals surface area contributed by atoms with E-state index in [9.17, 15) is 4.79 Å². The lowest BCUT2D eigenvalue weighted by atomic mass is 10.2. The molecular weight excluding hydrogens is 246 g/mol. The number of hydrogen-bond donors (Lipinski definition) is 3. The van der Waals surface area contributed by atoms with Crippen LogP contribution in [-0.2, 0) is 11.2 Å². The number of aryl methyl sites for hydroxylation is 1. The number of nitrogens with zero attached hydrogens (tertiary/aromatic N) is 2. The van der Waals surface area contributed by atoms with E-state index < -0.39 is 6.09 Å². The minimum absolute atomic E-state index is 0.205. The average Bonchev–Trinajstić information content (AvgIpc) is 2.37. The maximum atomic E-state index is 10.5. The van der Waals surface area contributed by atoms with Crippen LogP contribution in [0.15, 0.2) is 0 Å². The molecular formula is C12H21N5O2. The minimum Gasteiger partial charge on any atom is -0.448 e. The topological polar surface area (TPSA) is 102 Å². The summed E-state index contributed by atoms with van der Waals surface area (Å²) < 4.78 is 4.66. The Hall–Kier alpha value is -2.05. The average molecular weight is 267 g/mol. The highest BCUT2D eigenvalue weighted by Crippen LogP contribution is 2.19. The van der Waals surface area contributed by atoms with Gasteiger partial charge in [-0.05, 0) is 13.3 Å². The molecule has 0 saturated carbocycles. The van der Waals surface area contributed by atoms with Crippen LogP contribution in [0.25, 0.3) is 0 Å². The Morgan fingerprint density at radius 2 is 2.05 bits per heavy atom. The lowest BCUT2D eigenvalue weighted by Gasteiger charge is -2.13. The number of nitrogens with one attached hydrogen (secondary N) is 2. The molecule has 4 N–H and O–H groups in total. The summed E-state index contributed by atoms with van der Waals surface area (Å²) in [5, 5.41) is 6.16. The van der Waals surface area contributed by atoms with Crippen LogP contribution in [0.2, 0.25) is 0 Å². The van der Waals surface area contributed by atoms with Gasteiger partial charge in [-0.15, -0.1) is 0 Å². The molecule has 0 aliphatic rings. The van der Waals surface area contributed by atoms with Crippen LogP contribution < -0.4 is 16.4 Å². The van der Waals surface area contributed by atoms with Gasteiger partial charge in [0.1, 0.15) is 24.1 Å². The van der Waals surface area contributed by atoms with Gasteiger partial charge in [0.2, 0.25) is 0 Å². The van der Waals surface area contributed by atoms with Gasteiger partial charge in [-0.1, -0.05) is 6.92 Å². The van der Waals surface area contributed by atoms with Crippen molar-refractivity contribution < 1.29 is 9.53 Å². The zero-order valence-electron chi connectivity index (χ0n) is 11.6. The Morgan fingerprint density at radius 3 is 2.63 bits per heavy atom. The van der Waals surface area contributed by atoms with Gasteiger partial charge >= 0.3 is 6.09 Å². The first-order valence-electron chi connectivity index (χ1n) is 6.29. The van der Waals surface area contributed by atoms with Crippen molar-refractivity contribution >= 4 is 17.7 Å². The highest BCUT2D eigenvalue weighted by atomic mass is 16.5. The fraction of sp³-hybridized carbons (Fsp3) is 0.583. The number of carbonyl (C=O) groups excluding carboxylic acids is 1. The van der Waals surface area contributed by atoms with Crippen molar-refractivity contribution in [3.05, 3.63) is 11.4 Å². The van der Waals surface area contributed by atoms with Crippen LogP contribution in [0.4, 0.5) is 16.4 Å². The van der Waals surface area contributed by atoms with Gasteiger partial charge < -0.3 is 21.1 Å². The zero-order chi connectivity index (χ0) is 14.3. The Balaban J connectivity index is 2.74. The van der Waals surface area contributed by atoms with E-state index in [2.05, 4.69) is 32.3 Å². The number of amides is 1. The van der Waals surface area contributed by atoms with Crippen molar-refractivity contribution in [1.82, 2.24) is 9.97 Å². The molecule has 0 aromatic carbocycles. The number of anilines is 2. The van der Waals surface area contributed by atoms with Crippen LogP contribution in [0.3, 0.4) is 0 Å². The number of aromatic nitrogens is 2. The second-order valence-electron chi connectivity index (χ2n) is 4.06. The summed E-state index contributed by atoms with van der Waals surface area (Å²) in [6.45, 7) is 4.67. The maximum Gasteiger partial charge on any atom is 0.404 e. The first-order chi connectivity index (χ1) is 9.08. The van der Waals surface area contributed by atoms with Crippen LogP contribution >= 0.6 is 0 Å². The van der Waals surface area contributed by atoms with Crippen molar-refractivity contribution in [2.45, 2.75) is 26.7 Å². The molecule has 0 atom stereocenters. The second-order valence-corrected chi connectivity index (χ2v) is 4.06. The molecule has 0 fully saturated rings. The highest BCUT2D eigenvalue weighted by molar-refractivity contribution is 5.64. The summed E-state index contributed by atoms with van der Waals surface area (Å²) in [5.41, 5.74) is 5.82. The van der Waals surface area contributed by atoms with Gasteiger partial charge in [-0.25, -0.2) is 14.8 Å². The van der Waals surface area contributed by atoms with Crippen molar-refractivity contribution in [3.63, 3.8) is 0 Å². The van der Waals surface area contributed by atoms with E-state index in [-0.39, 0.29) is 6.61 Å². The molecule has 7 heteroatoms. The molecule has 0 spiro atoms. The predicted molar refractivity (Wildman–Crippen MR) is 74.3 cm³/mol. The Morgan fingerprint density at radius 1 is 1.37 bits per heavy atom. The highest BCUT2D eigenvalue weighted by Gasteiger charge is 2.09. The summed E-state index contributed by atoms with van der Waals surface area (Å²) in [4.78, 5) is 19.3. The van der Waals surface area contributed by atoms with Crippen LogP contribution in [-0.4, -0.2) is 36.3 Å². The SMILES string of the molecule is CCCc1nc(NC)c(C)c(NCCOC(N)=O)n1. The van der Waals surface area contributed by atoms with E-state index in [1.165, 1.54) is 0 Å². The lowest BCUT2D eigenvalue weighted by Crippen LogP contribution is -2.19. The molecule has 0 radical (unpaired) electrons. The van der Waals surface area contributed by atoms with Gasteiger partial charge in [0.15, 0.2) is 0 Å². The van der Waals surface area contributed by atoms with Crippen molar-refractivity contribution in [3.8, 4) is 0 Å². The summed E-state index contributed by atoms with van der Waals surface area (Å²) in [7, 11) is 1.82. The lowest BCUT2D eigenvalue weighted by molar-refractivity contribution is 0.161. The Bertz CT molecular complexity index is 436. The number of hydrogen-bond acceptors (Lipinski definition) is 6. The van der Waals surface area contributed by atoms with Crippen molar-refractivity contribution in [2.24, 2.45) is 5.73 Å². The summed E-state index contributed by atoms with van der Waals surface area (Å²) >= 11 is 0. The summed E-state index contributed by atoms with van der Waals surface area (Å²) in [5.74, 6) is 2.34. The third-order valence-electron chi connectivity index (χ3n) is 2.54. The van der Waals surface area contributed by atoms with E-state index in [0.717, 1.165) is 35.9 Å². The molecule has 0 saturated heterocycles. The molecule has 0 aliphatic carbocycles. The predicted octanol–water partition coefficient (Wildman–Crippen LogP) is 1.29. The van der Waals surface area contributed by atoms with E-state index in [4.69, 9.17) is 5.73 Å². The standard InChI is InChI=1S/C12H21N5O2/c1-4-5-9-16-10(14-3)8(2)11(17-9)15-6-7-19-12(13)18/h4-7H2,1-3H3,(H2,13,18)(H2,14,15,16,17). The number of primary amides is 1. The molecule has 0 unspecified atom stereocenters. The molecule has 0 aliphatic heterocycles. The van der Waals surface area contributed by atoms with Crippen molar-refractivity contribution in [1.29, 1.82) is 0 Å². The van der Waals surface area contributed by atoms with Crippen molar-refractivity contribution in [2.75, 3.05) is 30.8 Å².